The van der Waals surface area contributed by atoms with Crippen molar-refractivity contribution in [2.75, 3.05) is 0 Å². The summed E-state index contributed by atoms with van der Waals surface area (Å²) in [5.41, 5.74) is 6.86. The van der Waals surface area contributed by atoms with E-state index in [-0.39, 0.29) is 11.5 Å². The number of hydrogen-bond donors (Lipinski definition) is 3. The minimum absolute atomic E-state index is 0.122. The van der Waals surface area contributed by atoms with Crippen LogP contribution in [0, 0.1) is 20.8 Å². The van der Waals surface area contributed by atoms with Gasteiger partial charge in [-0.15, -0.1) is 0 Å². The number of ketones is 1. The molecule has 2 rings (SSSR count). The third kappa shape index (κ3) is 2.78. The van der Waals surface area contributed by atoms with Gasteiger partial charge in [-0.1, -0.05) is 0 Å². The Kier molecular flexibility index (Phi) is 4.16. The molecule has 116 valence electrons. The summed E-state index contributed by atoms with van der Waals surface area (Å²) >= 11 is 0. The lowest BCUT2D eigenvalue weighted by atomic mass is 10.1. The van der Waals surface area contributed by atoms with Crippen molar-refractivity contribution in [2.24, 2.45) is 0 Å². The topological polar surface area (TPSA) is 104 Å². The molecule has 0 aliphatic rings. The summed E-state index contributed by atoms with van der Waals surface area (Å²) in [6.07, 6.45) is 1.39. The lowest BCUT2D eigenvalue weighted by molar-refractivity contribution is 0.0843. The number of amides is 2. The van der Waals surface area contributed by atoms with Gasteiger partial charge in [0, 0.05) is 11.3 Å². The molecule has 0 aromatic carbocycles. The van der Waals surface area contributed by atoms with Crippen molar-refractivity contribution in [3.05, 3.63) is 46.2 Å². The molecule has 22 heavy (non-hydrogen) atoms. The van der Waals surface area contributed by atoms with E-state index in [4.69, 9.17) is 4.42 Å². The van der Waals surface area contributed by atoms with Crippen molar-refractivity contribution in [1.82, 2.24) is 15.8 Å². The van der Waals surface area contributed by atoms with E-state index in [2.05, 4.69) is 15.8 Å². The van der Waals surface area contributed by atoms with Crippen molar-refractivity contribution in [3.8, 4) is 0 Å². The van der Waals surface area contributed by atoms with Gasteiger partial charge in [0.2, 0.25) is 0 Å². The molecule has 0 spiro atoms. The smallest absolute Gasteiger partial charge is 0.286 e. The number of rotatable bonds is 3. The van der Waals surface area contributed by atoms with Crippen molar-refractivity contribution >= 4 is 17.6 Å². The van der Waals surface area contributed by atoms with Crippen LogP contribution in [0.3, 0.4) is 0 Å². The van der Waals surface area contributed by atoms with Crippen LogP contribution in [-0.4, -0.2) is 22.6 Å². The van der Waals surface area contributed by atoms with Gasteiger partial charge in [0.1, 0.15) is 11.5 Å². The molecule has 0 saturated heterocycles. The van der Waals surface area contributed by atoms with Gasteiger partial charge >= 0.3 is 0 Å². The number of aromatic nitrogens is 1. The molecule has 7 heteroatoms. The molecule has 2 aromatic heterocycles. The first-order valence-corrected chi connectivity index (χ1v) is 6.67. The van der Waals surface area contributed by atoms with E-state index in [0.717, 1.165) is 0 Å². The third-order valence-corrected chi connectivity index (χ3v) is 3.41. The van der Waals surface area contributed by atoms with Crippen LogP contribution < -0.4 is 10.9 Å². The highest BCUT2D eigenvalue weighted by molar-refractivity contribution is 6.03. The molecule has 0 aliphatic carbocycles. The zero-order chi connectivity index (χ0) is 16.4. The predicted molar refractivity (Wildman–Crippen MR) is 78.6 cm³/mol. The first kappa shape index (κ1) is 15.6. The van der Waals surface area contributed by atoms with E-state index >= 15 is 0 Å². The second-order valence-corrected chi connectivity index (χ2v) is 4.98. The third-order valence-electron chi connectivity index (χ3n) is 3.41. The fourth-order valence-electron chi connectivity index (χ4n) is 2.37. The Labute approximate surface area is 127 Å². The fourth-order valence-corrected chi connectivity index (χ4v) is 2.37. The Morgan fingerprint density at radius 1 is 1.09 bits per heavy atom. The van der Waals surface area contributed by atoms with Gasteiger partial charge in [-0.25, -0.2) is 0 Å². The summed E-state index contributed by atoms with van der Waals surface area (Å²) in [6, 6.07) is 1.51. The maximum atomic E-state index is 12.1. The molecule has 0 saturated carbocycles. The van der Waals surface area contributed by atoms with Crippen molar-refractivity contribution in [2.45, 2.75) is 27.7 Å². The number of furan rings is 1. The molecule has 0 bridgehead atoms. The van der Waals surface area contributed by atoms with Crippen LogP contribution in [0.2, 0.25) is 0 Å². The molecule has 0 radical (unpaired) electrons. The van der Waals surface area contributed by atoms with Crippen LogP contribution in [0.1, 0.15) is 55.1 Å². The Balaban J connectivity index is 2.11. The number of nitrogens with one attached hydrogen (secondary N) is 3. The van der Waals surface area contributed by atoms with E-state index in [1.165, 1.54) is 19.3 Å². The molecule has 0 aliphatic heterocycles. The number of aromatic amines is 1. The summed E-state index contributed by atoms with van der Waals surface area (Å²) in [5.74, 6) is -0.671. The number of Topliss-reactive ketones (excluding diaryl/α,β-unsaturated/α-hetero) is 1. The number of carbonyl (C=O) groups excluding carboxylic acids is 3. The second kappa shape index (κ2) is 5.88. The number of hydrazine groups is 1. The second-order valence-electron chi connectivity index (χ2n) is 4.98. The summed E-state index contributed by atoms with van der Waals surface area (Å²) in [7, 11) is 0. The van der Waals surface area contributed by atoms with Crippen LogP contribution in [0.15, 0.2) is 16.7 Å². The largest absolute Gasteiger partial charge is 0.469 e. The van der Waals surface area contributed by atoms with Crippen LogP contribution in [-0.2, 0) is 0 Å². The summed E-state index contributed by atoms with van der Waals surface area (Å²) in [4.78, 5) is 38.4. The van der Waals surface area contributed by atoms with Gasteiger partial charge in [-0.3, -0.25) is 25.2 Å². The van der Waals surface area contributed by atoms with E-state index in [0.29, 0.717) is 28.1 Å². The molecule has 0 unspecified atom stereocenters. The number of aryl methyl sites for hydroxylation is 2. The first-order valence-electron chi connectivity index (χ1n) is 6.67. The van der Waals surface area contributed by atoms with E-state index < -0.39 is 11.8 Å². The number of H-pyrrole nitrogens is 1. The number of hydrogen-bond acceptors (Lipinski definition) is 4. The first-order chi connectivity index (χ1) is 10.3. The standard InChI is InChI=1S/C15H17N3O4/c1-7-12(9(3)19)8(2)16-13(7)15(21)18-17-14(20)11-5-6-22-10(11)4/h5-6,16H,1-4H3,(H,17,20)(H,18,21). The molecular weight excluding hydrogens is 286 g/mol. The highest BCUT2D eigenvalue weighted by atomic mass is 16.3. The Hall–Kier alpha value is -2.83. The van der Waals surface area contributed by atoms with Crippen molar-refractivity contribution < 1.29 is 18.8 Å². The molecule has 3 N–H and O–H groups in total. The quantitative estimate of drug-likeness (QED) is 0.594. The Bertz CT molecular complexity index is 755. The molecule has 2 heterocycles. The highest BCUT2D eigenvalue weighted by Gasteiger charge is 2.20. The van der Waals surface area contributed by atoms with Gasteiger partial charge in [0.15, 0.2) is 5.78 Å². The highest BCUT2D eigenvalue weighted by Crippen LogP contribution is 2.18. The average Bonchev–Trinajstić information content (AvgIpc) is 2.99. The zero-order valence-electron chi connectivity index (χ0n) is 12.8. The lowest BCUT2D eigenvalue weighted by Crippen LogP contribution is -2.42. The van der Waals surface area contributed by atoms with E-state index in [9.17, 15) is 14.4 Å². The van der Waals surface area contributed by atoms with Gasteiger partial charge in [-0.2, -0.15) is 0 Å². The molecule has 0 fully saturated rings. The molecule has 2 aromatic rings. The van der Waals surface area contributed by atoms with E-state index in [1.54, 1.807) is 20.8 Å². The predicted octanol–water partition coefficient (Wildman–Crippen LogP) is 1.81. The maximum absolute atomic E-state index is 12.1. The van der Waals surface area contributed by atoms with E-state index in [1.807, 2.05) is 0 Å². The SMILES string of the molecule is CC(=O)c1c(C)[nH]c(C(=O)NNC(=O)c2ccoc2C)c1C. The molecule has 2 amide bonds. The zero-order valence-corrected chi connectivity index (χ0v) is 12.8. The fraction of sp³-hybridized carbons (Fsp3) is 0.267. The molecular formula is C15H17N3O4. The average molecular weight is 303 g/mol. The van der Waals surface area contributed by atoms with Crippen LogP contribution in [0.25, 0.3) is 0 Å². The Morgan fingerprint density at radius 3 is 2.23 bits per heavy atom. The Morgan fingerprint density at radius 2 is 1.73 bits per heavy atom. The number of carbonyl (C=O) groups is 3. The van der Waals surface area contributed by atoms with Gasteiger partial charge in [0.05, 0.1) is 11.8 Å². The van der Waals surface area contributed by atoms with Crippen LogP contribution in [0.5, 0.6) is 0 Å². The van der Waals surface area contributed by atoms with Crippen molar-refractivity contribution in [1.29, 1.82) is 0 Å². The lowest BCUT2D eigenvalue weighted by Gasteiger charge is -2.06. The summed E-state index contributed by atoms with van der Waals surface area (Å²) in [6.45, 7) is 6.48. The minimum Gasteiger partial charge on any atom is -0.469 e. The summed E-state index contributed by atoms with van der Waals surface area (Å²) in [5, 5.41) is 0. The minimum atomic E-state index is -0.525. The van der Waals surface area contributed by atoms with Crippen LogP contribution >= 0.6 is 0 Å². The monoisotopic (exact) mass is 303 g/mol. The van der Waals surface area contributed by atoms with Crippen molar-refractivity contribution in [3.63, 3.8) is 0 Å². The summed E-state index contributed by atoms with van der Waals surface area (Å²) < 4.78 is 5.02. The van der Waals surface area contributed by atoms with Crippen LogP contribution in [0.4, 0.5) is 0 Å². The maximum Gasteiger partial charge on any atom is 0.286 e. The normalized spacial score (nSPS) is 10.4. The van der Waals surface area contributed by atoms with Gasteiger partial charge < -0.3 is 9.40 Å². The molecule has 7 nitrogen and oxygen atoms in total. The van der Waals surface area contributed by atoms with Gasteiger partial charge in [0.25, 0.3) is 11.8 Å². The van der Waals surface area contributed by atoms with Gasteiger partial charge in [-0.05, 0) is 39.3 Å². The molecule has 0 atom stereocenters.